The number of amides is 2. The number of hydrogen-bond acceptors (Lipinski definition) is 4. The zero-order valence-electron chi connectivity index (χ0n) is 16.1. The van der Waals surface area contributed by atoms with E-state index in [-0.39, 0.29) is 36.5 Å². The molecule has 2 N–H and O–H groups in total. The maximum atomic E-state index is 12.5. The number of aryl methyl sites for hydroxylation is 1. The zero-order chi connectivity index (χ0) is 20.1. The molecule has 2 aromatic carbocycles. The number of methoxy groups -OCH3 is 1. The first-order chi connectivity index (χ1) is 13.5. The number of carbonyl (C=O) groups excluding carboxylic acids is 3. The van der Waals surface area contributed by atoms with Gasteiger partial charge in [-0.15, -0.1) is 0 Å². The lowest BCUT2D eigenvalue weighted by molar-refractivity contribution is -0.116. The number of hydrogen-bond donors (Lipinski definition) is 2. The number of carbonyl (C=O) groups is 3. The Morgan fingerprint density at radius 3 is 2.57 bits per heavy atom. The van der Waals surface area contributed by atoms with E-state index in [1.807, 2.05) is 13.0 Å². The molecule has 0 aliphatic heterocycles. The molecule has 2 aromatic rings. The number of benzene rings is 2. The van der Waals surface area contributed by atoms with E-state index in [1.54, 1.807) is 36.4 Å². The van der Waals surface area contributed by atoms with Gasteiger partial charge in [-0.05, 0) is 50.1 Å². The van der Waals surface area contributed by atoms with E-state index < -0.39 is 0 Å². The Morgan fingerprint density at radius 1 is 1.07 bits per heavy atom. The first kappa shape index (κ1) is 19.6. The largest absolute Gasteiger partial charge is 0.496 e. The van der Waals surface area contributed by atoms with Crippen molar-refractivity contribution in [3.8, 4) is 5.75 Å². The molecule has 0 atom stereocenters. The second-order valence-electron chi connectivity index (χ2n) is 7.00. The predicted octanol–water partition coefficient (Wildman–Crippen LogP) is 3.50. The van der Waals surface area contributed by atoms with Crippen molar-refractivity contribution in [2.75, 3.05) is 12.4 Å². The standard InChI is InChI=1S/C22H24N2O4/c1-14-6-10-20(28-2)18(12-14)19(25)9-11-21(26)23-17-5-3-4-15(13-17)22(27)24-16-7-8-16/h3-6,10,12-13,16H,7-9,11H2,1-2H3,(H,23,26)(H,24,27). The number of anilines is 1. The second kappa shape index (κ2) is 8.69. The quantitative estimate of drug-likeness (QED) is 0.687. The van der Waals surface area contributed by atoms with Crippen LogP contribution in [0.2, 0.25) is 0 Å². The average molecular weight is 380 g/mol. The normalized spacial score (nSPS) is 12.9. The maximum Gasteiger partial charge on any atom is 0.251 e. The van der Waals surface area contributed by atoms with Crippen LogP contribution in [0.4, 0.5) is 5.69 Å². The van der Waals surface area contributed by atoms with E-state index >= 15 is 0 Å². The van der Waals surface area contributed by atoms with Crippen LogP contribution in [0.1, 0.15) is 52.0 Å². The minimum absolute atomic E-state index is 0.0500. The van der Waals surface area contributed by atoms with Crippen molar-refractivity contribution < 1.29 is 19.1 Å². The number of nitrogens with one attached hydrogen (secondary N) is 2. The van der Waals surface area contributed by atoms with Crippen LogP contribution in [0.25, 0.3) is 0 Å². The SMILES string of the molecule is COc1ccc(C)cc1C(=O)CCC(=O)Nc1cccc(C(=O)NC2CC2)c1. The summed E-state index contributed by atoms with van der Waals surface area (Å²) in [5, 5.41) is 5.67. The zero-order valence-corrected chi connectivity index (χ0v) is 16.1. The highest BCUT2D eigenvalue weighted by Gasteiger charge is 2.23. The van der Waals surface area contributed by atoms with Gasteiger partial charge in [-0.25, -0.2) is 0 Å². The van der Waals surface area contributed by atoms with Gasteiger partial charge < -0.3 is 15.4 Å². The molecule has 1 aliphatic carbocycles. The van der Waals surface area contributed by atoms with Gasteiger partial charge in [0, 0.05) is 30.1 Å². The molecule has 0 bridgehead atoms. The van der Waals surface area contributed by atoms with E-state index in [2.05, 4.69) is 10.6 Å². The van der Waals surface area contributed by atoms with E-state index in [0.717, 1.165) is 18.4 Å². The molecule has 146 valence electrons. The first-order valence-corrected chi connectivity index (χ1v) is 9.35. The highest BCUT2D eigenvalue weighted by molar-refractivity contribution is 6.02. The molecular weight excluding hydrogens is 356 g/mol. The highest BCUT2D eigenvalue weighted by atomic mass is 16.5. The molecular formula is C22H24N2O4. The minimum atomic E-state index is -0.278. The molecule has 2 amide bonds. The van der Waals surface area contributed by atoms with Crippen molar-refractivity contribution in [2.45, 2.75) is 38.6 Å². The molecule has 28 heavy (non-hydrogen) atoms. The lowest BCUT2D eigenvalue weighted by Crippen LogP contribution is -2.25. The van der Waals surface area contributed by atoms with Crippen molar-refractivity contribution >= 4 is 23.3 Å². The molecule has 0 heterocycles. The molecule has 0 aromatic heterocycles. The van der Waals surface area contributed by atoms with Gasteiger partial charge in [-0.3, -0.25) is 14.4 Å². The first-order valence-electron chi connectivity index (χ1n) is 9.35. The van der Waals surface area contributed by atoms with Gasteiger partial charge >= 0.3 is 0 Å². The van der Waals surface area contributed by atoms with Gasteiger partial charge in [0.2, 0.25) is 5.91 Å². The predicted molar refractivity (Wildman–Crippen MR) is 107 cm³/mol. The van der Waals surface area contributed by atoms with Crippen molar-refractivity contribution in [2.24, 2.45) is 0 Å². The van der Waals surface area contributed by atoms with Gasteiger partial charge in [0.05, 0.1) is 12.7 Å². The lowest BCUT2D eigenvalue weighted by atomic mass is 10.0. The molecule has 3 rings (SSSR count). The third kappa shape index (κ3) is 5.19. The molecule has 0 unspecified atom stereocenters. The maximum absolute atomic E-state index is 12.5. The summed E-state index contributed by atoms with van der Waals surface area (Å²) < 4.78 is 5.23. The number of Topliss-reactive ketones (excluding diaryl/α,β-unsaturated/α-hetero) is 1. The summed E-state index contributed by atoms with van der Waals surface area (Å²) in [5.74, 6) is -0.0568. The Bertz CT molecular complexity index is 903. The molecule has 0 radical (unpaired) electrons. The second-order valence-corrected chi connectivity index (χ2v) is 7.00. The van der Waals surface area contributed by atoms with E-state index in [0.29, 0.717) is 22.6 Å². The van der Waals surface area contributed by atoms with E-state index in [1.165, 1.54) is 7.11 Å². The Balaban J connectivity index is 1.56. The van der Waals surface area contributed by atoms with Crippen LogP contribution in [0.5, 0.6) is 5.75 Å². The summed E-state index contributed by atoms with van der Waals surface area (Å²) in [6.07, 6.45) is 2.16. The summed E-state index contributed by atoms with van der Waals surface area (Å²) in [7, 11) is 1.51. The Labute approximate surface area is 164 Å². The molecule has 6 nitrogen and oxygen atoms in total. The van der Waals surface area contributed by atoms with Crippen molar-refractivity contribution in [1.82, 2.24) is 5.32 Å². The van der Waals surface area contributed by atoms with Gasteiger partial charge in [-0.1, -0.05) is 17.7 Å². The van der Waals surface area contributed by atoms with Gasteiger partial charge in [0.1, 0.15) is 5.75 Å². The molecule has 1 aliphatic rings. The smallest absolute Gasteiger partial charge is 0.251 e. The summed E-state index contributed by atoms with van der Waals surface area (Å²) in [5.41, 5.74) is 2.48. The number of ketones is 1. The fourth-order valence-electron chi connectivity index (χ4n) is 2.86. The summed E-state index contributed by atoms with van der Waals surface area (Å²) in [4.78, 5) is 36.8. The van der Waals surface area contributed by atoms with Gasteiger partial charge in [-0.2, -0.15) is 0 Å². The topological polar surface area (TPSA) is 84.5 Å². The van der Waals surface area contributed by atoms with Gasteiger partial charge in [0.25, 0.3) is 5.91 Å². The van der Waals surface area contributed by atoms with E-state index in [4.69, 9.17) is 4.74 Å². The fraction of sp³-hybridized carbons (Fsp3) is 0.318. The molecule has 6 heteroatoms. The lowest BCUT2D eigenvalue weighted by Gasteiger charge is -2.10. The minimum Gasteiger partial charge on any atom is -0.496 e. The van der Waals surface area contributed by atoms with Gasteiger partial charge in [0.15, 0.2) is 5.78 Å². The van der Waals surface area contributed by atoms with Crippen LogP contribution >= 0.6 is 0 Å². The van der Waals surface area contributed by atoms with Crippen molar-refractivity contribution in [1.29, 1.82) is 0 Å². The summed E-state index contributed by atoms with van der Waals surface area (Å²) >= 11 is 0. The Kier molecular flexibility index (Phi) is 6.09. The molecule has 0 spiro atoms. The van der Waals surface area contributed by atoms with E-state index in [9.17, 15) is 14.4 Å². The fourth-order valence-corrected chi connectivity index (χ4v) is 2.86. The van der Waals surface area contributed by atoms with Crippen molar-refractivity contribution in [3.63, 3.8) is 0 Å². The van der Waals surface area contributed by atoms with Crippen LogP contribution in [-0.2, 0) is 4.79 Å². The van der Waals surface area contributed by atoms with Crippen LogP contribution in [0.3, 0.4) is 0 Å². The summed E-state index contributed by atoms with van der Waals surface area (Å²) in [6, 6.07) is 12.4. The Morgan fingerprint density at radius 2 is 1.86 bits per heavy atom. The van der Waals surface area contributed by atoms with Crippen LogP contribution in [0.15, 0.2) is 42.5 Å². The third-order valence-electron chi connectivity index (χ3n) is 4.56. The van der Waals surface area contributed by atoms with Crippen LogP contribution in [-0.4, -0.2) is 30.7 Å². The van der Waals surface area contributed by atoms with Crippen molar-refractivity contribution in [3.05, 3.63) is 59.2 Å². The van der Waals surface area contributed by atoms with Crippen LogP contribution < -0.4 is 15.4 Å². The average Bonchev–Trinajstić information content (AvgIpc) is 3.50. The number of rotatable bonds is 8. The highest BCUT2D eigenvalue weighted by Crippen LogP contribution is 2.22. The monoisotopic (exact) mass is 380 g/mol. The summed E-state index contributed by atoms with van der Waals surface area (Å²) in [6.45, 7) is 1.90. The molecule has 0 saturated heterocycles. The molecule has 1 fully saturated rings. The molecule has 1 saturated carbocycles. The van der Waals surface area contributed by atoms with Crippen LogP contribution in [0, 0.1) is 6.92 Å². The Hall–Kier alpha value is -3.15. The number of ether oxygens (including phenoxy) is 1. The third-order valence-corrected chi connectivity index (χ3v) is 4.56.